The lowest BCUT2D eigenvalue weighted by molar-refractivity contribution is 0.0203. The molecule has 0 bridgehead atoms. The fraction of sp³-hybridized carbons (Fsp3) is 0.667. The highest BCUT2D eigenvalue weighted by Crippen LogP contribution is 2.24. The molecule has 0 amide bonds. The summed E-state index contributed by atoms with van der Waals surface area (Å²) in [5.41, 5.74) is 0.297. The van der Waals surface area contributed by atoms with Crippen molar-refractivity contribution < 1.29 is 9.53 Å². The Labute approximate surface area is 100 Å². The molecule has 1 aliphatic carbocycles. The van der Waals surface area contributed by atoms with Crippen LogP contribution in [0.3, 0.4) is 0 Å². The summed E-state index contributed by atoms with van der Waals surface area (Å²) in [6.07, 6.45) is 5.56. The molecular weight excluding hydrogens is 280 g/mol. The molecule has 0 N–H and O–H groups in total. The van der Waals surface area contributed by atoms with Gasteiger partial charge in [-0.1, -0.05) is 10.9 Å². The number of nitrogens with zero attached hydrogens (tertiary/aromatic N) is 2. The van der Waals surface area contributed by atoms with Crippen molar-refractivity contribution in [1.82, 2.24) is 9.59 Å². The molecular formula is C9H11BrN2O2S. The molecule has 2 rings (SSSR count). The fourth-order valence-electron chi connectivity index (χ4n) is 1.69. The SMILES string of the molecule is O=C(OC1CCCCC1)c1nnsc1Br. The van der Waals surface area contributed by atoms with E-state index in [9.17, 15) is 4.79 Å². The molecule has 4 nitrogen and oxygen atoms in total. The lowest BCUT2D eigenvalue weighted by Crippen LogP contribution is -2.21. The van der Waals surface area contributed by atoms with Gasteiger partial charge < -0.3 is 4.74 Å². The normalized spacial score (nSPS) is 17.7. The summed E-state index contributed by atoms with van der Waals surface area (Å²) in [4.78, 5) is 11.6. The van der Waals surface area contributed by atoms with E-state index < -0.39 is 0 Å². The van der Waals surface area contributed by atoms with Crippen LogP contribution in [0.25, 0.3) is 0 Å². The molecule has 0 atom stereocenters. The third kappa shape index (κ3) is 2.75. The van der Waals surface area contributed by atoms with Crippen molar-refractivity contribution in [1.29, 1.82) is 0 Å². The zero-order chi connectivity index (χ0) is 10.7. The second-order valence-corrected chi connectivity index (χ2v) is 5.63. The van der Waals surface area contributed by atoms with Gasteiger partial charge >= 0.3 is 5.97 Å². The van der Waals surface area contributed by atoms with Gasteiger partial charge in [-0.2, -0.15) is 0 Å². The number of rotatable bonds is 2. The quantitative estimate of drug-likeness (QED) is 0.786. The predicted octanol–water partition coefficient (Wildman–Crippen LogP) is 2.79. The van der Waals surface area contributed by atoms with Crippen LogP contribution in [0.4, 0.5) is 0 Å². The van der Waals surface area contributed by atoms with Gasteiger partial charge in [-0.3, -0.25) is 0 Å². The molecule has 15 heavy (non-hydrogen) atoms. The number of ether oxygens (including phenoxy) is 1. The van der Waals surface area contributed by atoms with Crippen molar-refractivity contribution in [2.24, 2.45) is 0 Å². The van der Waals surface area contributed by atoms with Crippen molar-refractivity contribution in [3.8, 4) is 0 Å². The Morgan fingerprint density at radius 1 is 1.40 bits per heavy atom. The van der Waals surface area contributed by atoms with Crippen LogP contribution in [0.2, 0.25) is 0 Å². The van der Waals surface area contributed by atoms with E-state index in [2.05, 4.69) is 25.5 Å². The van der Waals surface area contributed by atoms with Crippen molar-refractivity contribution in [2.45, 2.75) is 38.2 Å². The van der Waals surface area contributed by atoms with Crippen LogP contribution in [0, 0.1) is 0 Å². The Balaban J connectivity index is 1.94. The predicted molar refractivity (Wildman–Crippen MR) is 59.9 cm³/mol. The van der Waals surface area contributed by atoms with Gasteiger partial charge in [-0.15, -0.1) is 5.10 Å². The molecule has 0 saturated heterocycles. The Morgan fingerprint density at radius 3 is 2.73 bits per heavy atom. The molecule has 1 aromatic rings. The van der Waals surface area contributed by atoms with Crippen LogP contribution >= 0.6 is 27.5 Å². The Kier molecular flexibility index (Phi) is 3.69. The summed E-state index contributed by atoms with van der Waals surface area (Å²) in [7, 11) is 0. The maximum atomic E-state index is 11.6. The summed E-state index contributed by atoms with van der Waals surface area (Å²) >= 11 is 4.37. The molecule has 0 unspecified atom stereocenters. The van der Waals surface area contributed by atoms with E-state index >= 15 is 0 Å². The third-order valence-electron chi connectivity index (χ3n) is 2.47. The van der Waals surface area contributed by atoms with Gasteiger partial charge in [-0.25, -0.2) is 4.79 Å². The largest absolute Gasteiger partial charge is 0.458 e. The average molecular weight is 291 g/mol. The van der Waals surface area contributed by atoms with Crippen LogP contribution in [-0.2, 0) is 4.74 Å². The number of hydrogen-bond acceptors (Lipinski definition) is 5. The molecule has 0 aliphatic heterocycles. The van der Waals surface area contributed by atoms with Crippen molar-refractivity contribution >= 4 is 33.4 Å². The number of halogens is 1. The zero-order valence-corrected chi connectivity index (χ0v) is 10.5. The minimum absolute atomic E-state index is 0.0693. The molecule has 82 valence electrons. The number of esters is 1. The smallest absolute Gasteiger partial charge is 0.361 e. The number of carbonyl (C=O) groups is 1. The van der Waals surface area contributed by atoms with Crippen LogP contribution in [0.1, 0.15) is 42.6 Å². The van der Waals surface area contributed by atoms with E-state index in [0.717, 1.165) is 37.2 Å². The van der Waals surface area contributed by atoms with E-state index in [1.54, 1.807) is 0 Å². The minimum Gasteiger partial charge on any atom is -0.458 e. The molecule has 0 spiro atoms. The first kappa shape index (κ1) is 11.0. The molecule has 1 saturated carbocycles. The number of hydrogen-bond donors (Lipinski definition) is 0. The second kappa shape index (κ2) is 5.03. The maximum Gasteiger partial charge on any atom is 0.361 e. The van der Waals surface area contributed by atoms with Gasteiger partial charge in [0.25, 0.3) is 0 Å². The maximum absolute atomic E-state index is 11.6. The number of aromatic nitrogens is 2. The van der Waals surface area contributed by atoms with Gasteiger partial charge in [0.2, 0.25) is 0 Å². The van der Waals surface area contributed by atoms with Crippen LogP contribution in [0.15, 0.2) is 3.79 Å². The first-order valence-corrected chi connectivity index (χ1v) is 6.53. The van der Waals surface area contributed by atoms with Gasteiger partial charge in [0.15, 0.2) is 5.69 Å². The monoisotopic (exact) mass is 290 g/mol. The highest BCUT2D eigenvalue weighted by atomic mass is 79.9. The summed E-state index contributed by atoms with van der Waals surface area (Å²) in [5, 5.41) is 3.73. The fourth-order valence-corrected chi connectivity index (χ4v) is 2.53. The highest BCUT2D eigenvalue weighted by molar-refractivity contribution is 9.11. The highest BCUT2D eigenvalue weighted by Gasteiger charge is 2.22. The molecule has 1 heterocycles. The van der Waals surface area contributed by atoms with Crippen molar-refractivity contribution in [3.63, 3.8) is 0 Å². The Bertz CT molecular complexity index is 350. The van der Waals surface area contributed by atoms with E-state index in [1.807, 2.05) is 0 Å². The molecule has 0 aromatic carbocycles. The topological polar surface area (TPSA) is 52.1 Å². The molecule has 0 radical (unpaired) electrons. The first-order valence-electron chi connectivity index (χ1n) is 4.96. The lowest BCUT2D eigenvalue weighted by atomic mass is 9.98. The van der Waals surface area contributed by atoms with Crippen LogP contribution in [0.5, 0.6) is 0 Å². The second-order valence-electron chi connectivity index (χ2n) is 3.56. The standard InChI is InChI=1S/C9H11BrN2O2S/c10-8-7(11-12-15-8)9(13)14-6-4-2-1-3-5-6/h6H,1-5H2. The molecule has 1 aliphatic rings. The van der Waals surface area contributed by atoms with E-state index in [-0.39, 0.29) is 12.1 Å². The summed E-state index contributed by atoms with van der Waals surface area (Å²) < 4.78 is 9.67. The van der Waals surface area contributed by atoms with E-state index in [0.29, 0.717) is 9.48 Å². The van der Waals surface area contributed by atoms with E-state index in [1.165, 1.54) is 6.42 Å². The van der Waals surface area contributed by atoms with Gasteiger partial charge in [0, 0.05) is 0 Å². The van der Waals surface area contributed by atoms with E-state index in [4.69, 9.17) is 4.74 Å². The average Bonchev–Trinajstić information content (AvgIpc) is 2.66. The van der Waals surface area contributed by atoms with Crippen molar-refractivity contribution in [2.75, 3.05) is 0 Å². The Hall–Kier alpha value is -0.490. The van der Waals surface area contributed by atoms with Crippen LogP contribution in [-0.4, -0.2) is 21.7 Å². The van der Waals surface area contributed by atoms with Gasteiger partial charge in [0.1, 0.15) is 9.89 Å². The molecule has 1 aromatic heterocycles. The van der Waals surface area contributed by atoms with Crippen LogP contribution < -0.4 is 0 Å². The summed E-state index contributed by atoms with van der Waals surface area (Å²) in [6, 6.07) is 0. The summed E-state index contributed by atoms with van der Waals surface area (Å²) in [5.74, 6) is -0.359. The lowest BCUT2D eigenvalue weighted by Gasteiger charge is -2.21. The van der Waals surface area contributed by atoms with Gasteiger partial charge in [-0.05, 0) is 53.1 Å². The van der Waals surface area contributed by atoms with Crippen molar-refractivity contribution in [3.05, 3.63) is 9.48 Å². The molecule has 6 heteroatoms. The zero-order valence-electron chi connectivity index (χ0n) is 8.11. The third-order valence-corrected chi connectivity index (χ3v) is 3.79. The minimum atomic E-state index is -0.359. The summed E-state index contributed by atoms with van der Waals surface area (Å²) in [6.45, 7) is 0. The van der Waals surface area contributed by atoms with Gasteiger partial charge in [0.05, 0.1) is 0 Å². The Morgan fingerprint density at radius 2 is 2.13 bits per heavy atom. The first-order chi connectivity index (χ1) is 7.27. The molecule has 1 fully saturated rings. The number of carbonyl (C=O) groups excluding carboxylic acids is 1.